The maximum atomic E-state index is 6.31. The maximum Gasteiger partial charge on any atom is 0.0835 e. The van der Waals surface area contributed by atoms with E-state index in [1.54, 1.807) is 0 Å². The van der Waals surface area contributed by atoms with Crippen LogP contribution in [0.4, 0.5) is 0 Å². The highest BCUT2D eigenvalue weighted by Gasteiger charge is 2.13. The first-order chi connectivity index (χ1) is 10.1. The zero-order chi connectivity index (χ0) is 15.2. The summed E-state index contributed by atoms with van der Waals surface area (Å²) in [5.74, 6) is 0.651. The van der Waals surface area contributed by atoms with E-state index in [1.165, 1.54) is 11.3 Å². The van der Waals surface area contributed by atoms with E-state index in [2.05, 4.69) is 31.2 Å². The molecule has 0 fully saturated rings. The van der Waals surface area contributed by atoms with Crippen molar-refractivity contribution < 1.29 is 0 Å². The average Bonchev–Trinajstić information content (AvgIpc) is 2.83. The largest absolute Gasteiger partial charge is 0.312 e. The number of hydrogen-bond donors (Lipinski definition) is 1. The second-order valence-electron chi connectivity index (χ2n) is 5.75. The number of aromatic nitrogens is 2. The molecular weight excluding hydrogens is 282 g/mol. The van der Waals surface area contributed by atoms with Crippen LogP contribution in [0.15, 0.2) is 30.5 Å². The summed E-state index contributed by atoms with van der Waals surface area (Å²) in [5, 5.41) is 8.78. The molecule has 0 aliphatic rings. The van der Waals surface area contributed by atoms with Gasteiger partial charge in [-0.15, -0.1) is 0 Å². The van der Waals surface area contributed by atoms with Crippen molar-refractivity contribution in [1.82, 2.24) is 15.1 Å². The molecule has 21 heavy (non-hydrogen) atoms. The van der Waals surface area contributed by atoms with Crippen molar-refractivity contribution >= 4 is 11.6 Å². The molecule has 1 aromatic heterocycles. The molecule has 0 bridgehead atoms. The van der Waals surface area contributed by atoms with Gasteiger partial charge in [0.15, 0.2) is 0 Å². The van der Waals surface area contributed by atoms with Gasteiger partial charge in [0.05, 0.1) is 16.9 Å². The van der Waals surface area contributed by atoms with Crippen LogP contribution in [0, 0.1) is 5.92 Å². The minimum atomic E-state index is 0.651. The Bertz CT molecular complexity index is 575. The third-order valence-electron chi connectivity index (χ3n) is 3.39. The number of nitrogens with one attached hydrogen (secondary N) is 1. The predicted octanol–water partition coefficient (Wildman–Crippen LogP) is 4.22. The highest BCUT2D eigenvalue weighted by atomic mass is 35.5. The van der Waals surface area contributed by atoms with Gasteiger partial charge in [0.25, 0.3) is 0 Å². The smallest absolute Gasteiger partial charge is 0.0835 e. The van der Waals surface area contributed by atoms with E-state index in [1.807, 2.05) is 35.1 Å². The van der Waals surface area contributed by atoms with Gasteiger partial charge in [-0.1, -0.05) is 50.9 Å². The monoisotopic (exact) mass is 305 g/mol. The van der Waals surface area contributed by atoms with Crippen LogP contribution in [-0.2, 0) is 13.0 Å². The fourth-order valence-corrected chi connectivity index (χ4v) is 2.60. The van der Waals surface area contributed by atoms with Crippen LogP contribution in [0.25, 0.3) is 5.69 Å². The van der Waals surface area contributed by atoms with Gasteiger partial charge in [-0.3, -0.25) is 0 Å². The van der Waals surface area contributed by atoms with E-state index in [-0.39, 0.29) is 0 Å². The van der Waals surface area contributed by atoms with Crippen LogP contribution in [0.2, 0.25) is 5.02 Å². The Morgan fingerprint density at radius 2 is 2.05 bits per heavy atom. The van der Waals surface area contributed by atoms with Gasteiger partial charge in [0.2, 0.25) is 0 Å². The molecule has 1 heterocycles. The summed E-state index contributed by atoms with van der Waals surface area (Å²) in [7, 11) is 0. The Morgan fingerprint density at radius 3 is 2.71 bits per heavy atom. The molecule has 4 heteroatoms. The Labute approximate surface area is 132 Å². The van der Waals surface area contributed by atoms with E-state index in [4.69, 9.17) is 11.6 Å². The Hall–Kier alpha value is -1.32. The number of rotatable bonds is 7. The molecule has 0 amide bonds. The Balaban J connectivity index is 2.26. The lowest BCUT2D eigenvalue weighted by Crippen LogP contribution is -2.19. The standard InChI is InChI=1S/C17H24ClN3/c1-4-7-16-14(11-19-10-13(2)3)12-20-21(16)17-9-6-5-8-15(17)18/h5-6,8-9,12-13,19H,4,7,10-11H2,1-3H3. The molecule has 2 aromatic rings. The molecule has 0 aliphatic carbocycles. The number of nitrogens with zero attached hydrogens (tertiary/aromatic N) is 2. The number of benzene rings is 1. The van der Waals surface area contributed by atoms with Gasteiger partial charge in [-0.2, -0.15) is 5.10 Å². The summed E-state index contributed by atoms with van der Waals surface area (Å²) in [4.78, 5) is 0. The van der Waals surface area contributed by atoms with E-state index < -0.39 is 0 Å². The highest BCUT2D eigenvalue weighted by molar-refractivity contribution is 6.32. The summed E-state index contributed by atoms with van der Waals surface area (Å²) in [5.41, 5.74) is 3.47. The third-order valence-corrected chi connectivity index (χ3v) is 3.71. The summed E-state index contributed by atoms with van der Waals surface area (Å²) < 4.78 is 1.98. The minimum absolute atomic E-state index is 0.651. The van der Waals surface area contributed by atoms with Crippen LogP contribution in [0.1, 0.15) is 38.4 Å². The second kappa shape index (κ2) is 7.62. The van der Waals surface area contributed by atoms with Gasteiger partial charge in [-0.05, 0) is 31.0 Å². The van der Waals surface area contributed by atoms with Gasteiger partial charge < -0.3 is 5.32 Å². The van der Waals surface area contributed by atoms with Crippen molar-refractivity contribution in [2.75, 3.05) is 6.54 Å². The molecule has 0 saturated heterocycles. The van der Waals surface area contributed by atoms with Crippen LogP contribution in [-0.4, -0.2) is 16.3 Å². The molecule has 0 spiro atoms. The normalized spacial score (nSPS) is 11.3. The second-order valence-corrected chi connectivity index (χ2v) is 6.16. The first kappa shape index (κ1) is 16.1. The van der Waals surface area contributed by atoms with Crippen LogP contribution in [0.5, 0.6) is 0 Å². The van der Waals surface area contributed by atoms with Crippen molar-refractivity contribution in [3.8, 4) is 5.69 Å². The van der Waals surface area contributed by atoms with Gasteiger partial charge in [0, 0.05) is 17.8 Å². The fraction of sp³-hybridized carbons (Fsp3) is 0.471. The molecule has 3 nitrogen and oxygen atoms in total. The lowest BCUT2D eigenvalue weighted by atomic mass is 10.1. The fourth-order valence-electron chi connectivity index (χ4n) is 2.39. The SMILES string of the molecule is CCCc1c(CNCC(C)C)cnn1-c1ccccc1Cl. The summed E-state index contributed by atoms with van der Waals surface area (Å²) in [6, 6.07) is 7.86. The number of hydrogen-bond acceptors (Lipinski definition) is 2. The van der Waals surface area contributed by atoms with Crippen molar-refractivity contribution in [2.45, 2.75) is 40.2 Å². The molecule has 0 saturated carbocycles. The topological polar surface area (TPSA) is 29.9 Å². The van der Waals surface area contributed by atoms with Crippen molar-refractivity contribution in [3.05, 3.63) is 46.7 Å². The third kappa shape index (κ3) is 4.08. The zero-order valence-corrected chi connectivity index (χ0v) is 13.8. The van der Waals surface area contributed by atoms with Gasteiger partial charge in [-0.25, -0.2) is 4.68 Å². The molecular formula is C17H24ClN3. The van der Waals surface area contributed by atoms with E-state index in [0.717, 1.165) is 36.6 Å². The lowest BCUT2D eigenvalue weighted by Gasteiger charge is -2.11. The maximum absolute atomic E-state index is 6.31. The van der Waals surface area contributed by atoms with E-state index in [0.29, 0.717) is 5.92 Å². The molecule has 114 valence electrons. The quantitative estimate of drug-likeness (QED) is 0.830. The highest BCUT2D eigenvalue weighted by Crippen LogP contribution is 2.23. The number of halogens is 1. The van der Waals surface area contributed by atoms with Crippen molar-refractivity contribution in [2.24, 2.45) is 5.92 Å². The summed E-state index contributed by atoms with van der Waals surface area (Å²) >= 11 is 6.31. The number of para-hydroxylation sites is 1. The summed E-state index contributed by atoms with van der Waals surface area (Å²) in [6.07, 6.45) is 4.05. The first-order valence-electron chi connectivity index (χ1n) is 7.64. The average molecular weight is 306 g/mol. The van der Waals surface area contributed by atoms with Crippen LogP contribution < -0.4 is 5.32 Å². The van der Waals surface area contributed by atoms with Gasteiger partial charge in [0.1, 0.15) is 0 Å². The Kier molecular flexibility index (Phi) is 5.83. The minimum Gasteiger partial charge on any atom is -0.312 e. The molecule has 0 aliphatic heterocycles. The molecule has 1 aromatic carbocycles. The molecule has 0 radical (unpaired) electrons. The molecule has 0 atom stereocenters. The predicted molar refractivity (Wildman–Crippen MR) is 89.1 cm³/mol. The molecule has 2 rings (SSSR count). The molecule has 0 unspecified atom stereocenters. The van der Waals surface area contributed by atoms with Crippen LogP contribution in [0.3, 0.4) is 0 Å². The zero-order valence-electron chi connectivity index (χ0n) is 13.1. The van der Waals surface area contributed by atoms with Crippen molar-refractivity contribution in [1.29, 1.82) is 0 Å². The Morgan fingerprint density at radius 1 is 1.29 bits per heavy atom. The lowest BCUT2D eigenvalue weighted by molar-refractivity contribution is 0.550. The van der Waals surface area contributed by atoms with Crippen molar-refractivity contribution in [3.63, 3.8) is 0 Å². The van der Waals surface area contributed by atoms with Crippen LogP contribution >= 0.6 is 11.6 Å². The first-order valence-corrected chi connectivity index (χ1v) is 8.02. The molecule has 1 N–H and O–H groups in total. The van der Waals surface area contributed by atoms with E-state index >= 15 is 0 Å². The van der Waals surface area contributed by atoms with Gasteiger partial charge >= 0.3 is 0 Å². The van der Waals surface area contributed by atoms with E-state index in [9.17, 15) is 0 Å². The summed E-state index contributed by atoms with van der Waals surface area (Å²) in [6.45, 7) is 8.50.